The van der Waals surface area contributed by atoms with E-state index in [2.05, 4.69) is 14.8 Å². The predicted molar refractivity (Wildman–Crippen MR) is 50.1 cm³/mol. The Labute approximate surface area is 91.3 Å². The molecule has 8 heteroatoms. The van der Waals surface area contributed by atoms with Gasteiger partial charge >= 0.3 is 17.8 Å². The Kier molecular flexibility index (Phi) is 6.25. The van der Waals surface area contributed by atoms with Crippen LogP contribution in [0.3, 0.4) is 0 Å². The predicted octanol–water partition coefficient (Wildman–Crippen LogP) is -2.44. The molecule has 2 N–H and O–H groups in total. The monoisotopic (exact) mass is 232 g/mol. The van der Waals surface area contributed by atoms with Crippen LogP contribution in [0.1, 0.15) is 0 Å². The molecule has 0 aromatic rings. The van der Waals surface area contributed by atoms with Crippen molar-refractivity contribution < 1.29 is 28.7 Å². The minimum Gasteiger partial charge on any atom is -0.468 e. The van der Waals surface area contributed by atoms with Crippen molar-refractivity contribution >= 4 is 23.8 Å². The Morgan fingerprint density at radius 3 is 2.06 bits per heavy atom. The van der Waals surface area contributed by atoms with Gasteiger partial charge in [0.25, 0.3) is 0 Å². The standard InChI is InChI=1S/C8H12N2O6/c1-15-6(12)4-9-5(11)3-10-7(13)8(14)16-2/h3-4H2,1-2H3,(H,9,11)(H,10,13). The molecule has 0 fully saturated rings. The minimum absolute atomic E-state index is 0.302. The fraction of sp³-hybridized carbons (Fsp3) is 0.500. The fourth-order valence-electron chi connectivity index (χ4n) is 0.631. The van der Waals surface area contributed by atoms with Crippen LogP contribution in [0.25, 0.3) is 0 Å². The average molecular weight is 232 g/mol. The molecule has 0 aromatic heterocycles. The summed E-state index contributed by atoms with van der Waals surface area (Å²) in [5.74, 6) is -3.37. The molecule has 0 aliphatic carbocycles. The third-order valence-corrected chi connectivity index (χ3v) is 1.44. The Morgan fingerprint density at radius 1 is 0.938 bits per heavy atom. The van der Waals surface area contributed by atoms with Gasteiger partial charge in [-0.2, -0.15) is 0 Å². The summed E-state index contributed by atoms with van der Waals surface area (Å²) in [6, 6.07) is 0. The van der Waals surface area contributed by atoms with E-state index in [9.17, 15) is 19.2 Å². The van der Waals surface area contributed by atoms with Gasteiger partial charge in [0.05, 0.1) is 20.8 Å². The van der Waals surface area contributed by atoms with Crippen LogP contribution in [0.15, 0.2) is 0 Å². The molecule has 0 rings (SSSR count). The van der Waals surface area contributed by atoms with Crippen LogP contribution < -0.4 is 10.6 Å². The third-order valence-electron chi connectivity index (χ3n) is 1.44. The van der Waals surface area contributed by atoms with E-state index in [0.717, 1.165) is 7.11 Å². The Morgan fingerprint density at radius 2 is 1.56 bits per heavy atom. The zero-order valence-corrected chi connectivity index (χ0v) is 8.86. The van der Waals surface area contributed by atoms with Crippen LogP contribution >= 0.6 is 0 Å². The van der Waals surface area contributed by atoms with Gasteiger partial charge in [0, 0.05) is 0 Å². The molecule has 0 saturated heterocycles. The molecular weight excluding hydrogens is 220 g/mol. The Bertz CT molecular complexity index is 301. The lowest BCUT2D eigenvalue weighted by atomic mass is 10.5. The van der Waals surface area contributed by atoms with Gasteiger partial charge in [-0.1, -0.05) is 0 Å². The molecule has 8 nitrogen and oxygen atoms in total. The summed E-state index contributed by atoms with van der Waals surface area (Å²) in [6.07, 6.45) is 0. The zero-order chi connectivity index (χ0) is 12.6. The molecule has 0 aliphatic heterocycles. The van der Waals surface area contributed by atoms with Gasteiger partial charge in [-0.15, -0.1) is 0 Å². The minimum atomic E-state index is -1.10. The van der Waals surface area contributed by atoms with Crippen molar-refractivity contribution in [1.82, 2.24) is 10.6 Å². The first-order valence-corrected chi connectivity index (χ1v) is 4.21. The zero-order valence-electron chi connectivity index (χ0n) is 8.86. The van der Waals surface area contributed by atoms with E-state index in [0.29, 0.717) is 0 Å². The highest BCUT2D eigenvalue weighted by Gasteiger charge is 2.14. The second kappa shape index (κ2) is 7.21. The molecule has 0 bridgehead atoms. The molecule has 0 unspecified atom stereocenters. The molecule has 0 atom stereocenters. The molecule has 0 spiro atoms. The quantitative estimate of drug-likeness (QED) is 0.411. The van der Waals surface area contributed by atoms with E-state index in [4.69, 9.17) is 0 Å². The number of hydrogen-bond acceptors (Lipinski definition) is 6. The van der Waals surface area contributed by atoms with Crippen LogP contribution in [0.5, 0.6) is 0 Å². The molecule has 0 saturated carbocycles. The van der Waals surface area contributed by atoms with Gasteiger partial charge in [-0.3, -0.25) is 14.4 Å². The van der Waals surface area contributed by atoms with Crippen LogP contribution in [0, 0.1) is 0 Å². The van der Waals surface area contributed by atoms with Crippen LogP contribution in [0.4, 0.5) is 0 Å². The number of ether oxygens (including phenoxy) is 2. The highest BCUT2D eigenvalue weighted by atomic mass is 16.5. The molecule has 0 aromatic carbocycles. The smallest absolute Gasteiger partial charge is 0.396 e. The van der Waals surface area contributed by atoms with Crippen LogP contribution in [-0.2, 0) is 28.7 Å². The third kappa shape index (κ3) is 5.58. The lowest BCUT2D eigenvalue weighted by Crippen LogP contribution is -2.41. The topological polar surface area (TPSA) is 111 Å². The van der Waals surface area contributed by atoms with Crippen molar-refractivity contribution in [3.05, 3.63) is 0 Å². The highest BCUT2D eigenvalue weighted by Crippen LogP contribution is 1.75. The summed E-state index contributed by atoms with van der Waals surface area (Å²) in [5.41, 5.74) is 0. The second-order valence-corrected chi connectivity index (χ2v) is 2.53. The van der Waals surface area contributed by atoms with Gasteiger partial charge in [0.15, 0.2) is 0 Å². The summed E-state index contributed by atoms with van der Waals surface area (Å²) in [7, 11) is 2.22. The van der Waals surface area contributed by atoms with E-state index in [1.807, 2.05) is 5.32 Å². The van der Waals surface area contributed by atoms with Crippen LogP contribution in [-0.4, -0.2) is 51.1 Å². The molecule has 90 valence electrons. The second-order valence-electron chi connectivity index (χ2n) is 2.53. The lowest BCUT2D eigenvalue weighted by Gasteiger charge is -2.04. The van der Waals surface area contributed by atoms with E-state index in [-0.39, 0.29) is 6.54 Å². The molecule has 16 heavy (non-hydrogen) atoms. The number of methoxy groups -OCH3 is 2. The molecule has 2 amide bonds. The molecule has 0 aliphatic rings. The number of nitrogens with one attached hydrogen (secondary N) is 2. The highest BCUT2D eigenvalue weighted by molar-refractivity contribution is 6.32. The first kappa shape index (κ1) is 13.9. The number of carbonyl (C=O) groups is 4. The summed E-state index contributed by atoms with van der Waals surface area (Å²) in [6.45, 7) is -0.728. The van der Waals surface area contributed by atoms with E-state index < -0.39 is 30.3 Å². The number of esters is 2. The SMILES string of the molecule is COC(=O)CNC(=O)CNC(=O)C(=O)OC. The van der Waals surface area contributed by atoms with E-state index in [1.54, 1.807) is 0 Å². The van der Waals surface area contributed by atoms with Gasteiger partial charge in [-0.05, 0) is 0 Å². The summed E-state index contributed by atoms with van der Waals surface area (Å²) >= 11 is 0. The molecule has 0 radical (unpaired) electrons. The maximum atomic E-state index is 11.0. The average Bonchev–Trinajstić information content (AvgIpc) is 2.31. The number of amides is 2. The Balaban J connectivity index is 3.77. The van der Waals surface area contributed by atoms with E-state index in [1.165, 1.54) is 7.11 Å². The summed E-state index contributed by atoms with van der Waals surface area (Å²) in [4.78, 5) is 43.0. The van der Waals surface area contributed by atoms with Gasteiger partial charge in [0.2, 0.25) is 5.91 Å². The Hall–Kier alpha value is -2.12. The van der Waals surface area contributed by atoms with Crippen molar-refractivity contribution in [3.8, 4) is 0 Å². The van der Waals surface area contributed by atoms with E-state index >= 15 is 0 Å². The number of hydrogen-bond donors (Lipinski definition) is 2. The van der Waals surface area contributed by atoms with Gasteiger partial charge in [-0.25, -0.2) is 4.79 Å². The van der Waals surface area contributed by atoms with Gasteiger partial charge in [0.1, 0.15) is 6.54 Å². The van der Waals surface area contributed by atoms with Crippen molar-refractivity contribution in [2.75, 3.05) is 27.3 Å². The van der Waals surface area contributed by atoms with Crippen LogP contribution in [0.2, 0.25) is 0 Å². The lowest BCUT2D eigenvalue weighted by molar-refractivity contribution is -0.152. The van der Waals surface area contributed by atoms with Gasteiger partial charge < -0.3 is 20.1 Å². The van der Waals surface area contributed by atoms with Crippen molar-refractivity contribution in [2.24, 2.45) is 0 Å². The largest absolute Gasteiger partial charge is 0.468 e. The maximum Gasteiger partial charge on any atom is 0.396 e. The fourth-order valence-corrected chi connectivity index (χ4v) is 0.631. The normalized spacial score (nSPS) is 8.88. The van der Waals surface area contributed by atoms with Crippen molar-refractivity contribution in [2.45, 2.75) is 0 Å². The first-order chi connectivity index (χ1) is 7.51. The van der Waals surface area contributed by atoms with Crippen molar-refractivity contribution in [3.63, 3.8) is 0 Å². The first-order valence-electron chi connectivity index (χ1n) is 4.21. The molecule has 0 heterocycles. The van der Waals surface area contributed by atoms with Crippen molar-refractivity contribution in [1.29, 1.82) is 0 Å². The summed E-state index contributed by atoms with van der Waals surface area (Å²) in [5, 5.41) is 4.16. The molecular formula is C8H12N2O6. The number of rotatable bonds is 4. The summed E-state index contributed by atoms with van der Waals surface area (Å²) < 4.78 is 8.37. The maximum absolute atomic E-state index is 11.0. The number of carbonyl (C=O) groups excluding carboxylic acids is 4.